The highest BCUT2D eigenvalue weighted by Crippen LogP contribution is 2.30. The fourth-order valence-corrected chi connectivity index (χ4v) is 2.88. The summed E-state index contributed by atoms with van der Waals surface area (Å²) in [4.78, 5) is 22.4. The van der Waals surface area contributed by atoms with Crippen LogP contribution in [0.5, 0.6) is 0 Å². The maximum Gasteiger partial charge on any atom is 0.306 e. The Bertz CT molecular complexity index is 286. The molecule has 19 heavy (non-hydrogen) atoms. The zero-order valence-corrected chi connectivity index (χ0v) is 12.5. The Labute approximate surface area is 117 Å². The Morgan fingerprint density at radius 2 is 1.95 bits per heavy atom. The van der Waals surface area contributed by atoms with Gasteiger partial charge in [-0.05, 0) is 50.9 Å². The van der Waals surface area contributed by atoms with Gasteiger partial charge in [0.2, 0.25) is 0 Å². The van der Waals surface area contributed by atoms with Crippen LogP contribution in [0, 0.1) is 11.8 Å². The SMILES string of the molecule is CC(=O)CCCCCOC(=O)CC1CCCC(C)C1. The van der Waals surface area contributed by atoms with Crippen molar-refractivity contribution in [1.29, 1.82) is 0 Å². The number of carbonyl (C=O) groups is 2. The Morgan fingerprint density at radius 1 is 1.16 bits per heavy atom. The van der Waals surface area contributed by atoms with E-state index in [1.54, 1.807) is 6.92 Å². The highest BCUT2D eigenvalue weighted by Gasteiger charge is 2.21. The average molecular weight is 268 g/mol. The largest absolute Gasteiger partial charge is 0.466 e. The Hall–Kier alpha value is -0.860. The zero-order valence-electron chi connectivity index (χ0n) is 12.5. The predicted octanol–water partition coefficient (Wildman–Crippen LogP) is 3.90. The second-order valence-corrected chi connectivity index (χ2v) is 6.08. The van der Waals surface area contributed by atoms with Gasteiger partial charge in [-0.25, -0.2) is 0 Å². The lowest BCUT2D eigenvalue weighted by Gasteiger charge is -2.25. The van der Waals surface area contributed by atoms with Crippen molar-refractivity contribution >= 4 is 11.8 Å². The highest BCUT2D eigenvalue weighted by atomic mass is 16.5. The molecule has 2 unspecified atom stereocenters. The van der Waals surface area contributed by atoms with Crippen molar-refractivity contribution in [2.24, 2.45) is 11.8 Å². The van der Waals surface area contributed by atoms with E-state index >= 15 is 0 Å². The van der Waals surface area contributed by atoms with E-state index in [0.29, 0.717) is 25.4 Å². The van der Waals surface area contributed by atoms with Crippen molar-refractivity contribution in [1.82, 2.24) is 0 Å². The molecule has 3 nitrogen and oxygen atoms in total. The van der Waals surface area contributed by atoms with E-state index in [4.69, 9.17) is 4.74 Å². The minimum Gasteiger partial charge on any atom is -0.466 e. The molecule has 1 rings (SSSR count). The van der Waals surface area contributed by atoms with Gasteiger partial charge in [0.25, 0.3) is 0 Å². The van der Waals surface area contributed by atoms with Gasteiger partial charge >= 0.3 is 5.97 Å². The highest BCUT2D eigenvalue weighted by molar-refractivity contribution is 5.75. The van der Waals surface area contributed by atoms with Gasteiger partial charge in [0.05, 0.1) is 6.61 Å². The summed E-state index contributed by atoms with van der Waals surface area (Å²) in [6.45, 7) is 4.40. The van der Waals surface area contributed by atoms with Crippen LogP contribution in [0.1, 0.15) is 71.6 Å². The number of hydrogen-bond donors (Lipinski definition) is 0. The molecule has 0 amide bonds. The van der Waals surface area contributed by atoms with Gasteiger partial charge in [-0.15, -0.1) is 0 Å². The van der Waals surface area contributed by atoms with Crippen molar-refractivity contribution in [3.63, 3.8) is 0 Å². The molecule has 0 aromatic heterocycles. The van der Waals surface area contributed by atoms with E-state index in [1.807, 2.05) is 0 Å². The molecule has 0 spiro atoms. The summed E-state index contributed by atoms with van der Waals surface area (Å²) in [6.07, 6.45) is 8.91. The maximum atomic E-state index is 11.7. The molecule has 0 aromatic rings. The summed E-state index contributed by atoms with van der Waals surface area (Å²) in [5, 5.41) is 0. The molecule has 1 saturated carbocycles. The molecule has 110 valence electrons. The molecule has 2 atom stereocenters. The monoisotopic (exact) mass is 268 g/mol. The van der Waals surface area contributed by atoms with Gasteiger partial charge < -0.3 is 9.53 Å². The lowest BCUT2D eigenvalue weighted by Crippen LogP contribution is -2.18. The first-order valence-corrected chi connectivity index (χ1v) is 7.73. The third-order valence-corrected chi connectivity index (χ3v) is 3.94. The quantitative estimate of drug-likeness (QED) is 0.495. The Morgan fingerprint density at radius 3 is 2.63 bits per heavy atom. The van der Waals surface area contributed by atoms with Crippen LogP contribution in [0.2, 0.25) is 0 Å². The molecule has 0 N–H and O–H groups in total. The fraction of sp³-hybridized carbons (Fsp3) is 0.875. The first-order valence-electron chi connectivity index (χ1n) is 7.73. The molecule has 0 aliphatic heterocycles. The Kier molecular flexibility index (Phi) is 7.76. The van der Waals surface area contributed by atoms with Crippen LogP contribution in [0.25, 0.3) is 0 Å². The van der Waals surface area contributed by atoms with E-state index in [9.17, 15) is 9.59 Å². The van der Waals surface area contributed by atoms with Crippen LogP contribution in [-0.2, 0) is 14.3 Å². The van der Waals surface area contributed by atoms with Crippen LogP contribution >= 0.6 is 0 Å². The topological polar surface area (TPSA) is 43.4 Å². The standard InChI is InChI=1S/C16H28O3/c1-13-7-6-9-15(11-13)12-16(18)19-10-5-3-4-8-14(2)17/h13,15H,3-12H2,1-2H3. The smallest absolute Gasteiger partial charge is 0.306 e. The summed E-state index contributed by atoms with van der Waals surface area (Å²) in [6, 6.07) is 0. The number of hydrogen-bond acceptors (Lipinski definition) is 3. The summed E-state index contributed by atoms with van der Waals surface area (Å²) < 4.78 is 5.26. The normalized spacial score (nSPS) is 23.1. The molecule has 1 aliphatic carbocycles. The van der Waals surface area contributed by atoms with Gasteiger partial charge in [0.15, 0.2) is 0 Å². The first-order chi connectivity index (χ1) is 9.08. The van der Waals surface area contributed by atoms with Crippen molar-refractivity contribution in [3.05, 3.63) is 0 Å². The number of rotatable bonds is 8. The van der Waals surface area contributed by atoms with Crippen LogP contribution in [0.3, 0.4) is 0 Å². The molecule has 0 heterocycles. The van der Waals surface area contributed by atoms with Gasteiger partial charge in [0.1, 0.15) is 5.78 Å². The molecular formula is C16H28O3. The third-order valence-electron chi connectivity index (χ3n) is 3.94. The molecule has 1 fully saturated rings. The van der Waals surface area contributed by atoms with Crippen LogP contribution in [-0.4, -0.2) is 18.4 Å². The molecule has 0 saturated heterocycles. The molecule has 0 bridgehead atoms. The summed E-state index contributed by atoms with van der Waals surface area (Å²) in [5.41, 5.74) is 0. The van der Waals surface area contributed by atoms with Gasteiger partial charge in [0, 0.05) is 12.8 Å². The minimum absolute atomic E-state index is 0.0364. The van der Waals surface area contributed by atoms with E-state index in [1.165, 1.54) is 25.7 Å². The number of carbonyl (C=O) groups excluding carboxylic acids is 2. The number of ether oxygens (including phenoxy) is 1. The lowest BCUT2D eigenvalue weighted by molar-refractivity contribution is -0.145. The van der Waals surface area contributed by atoms with Gasteiger partial charge in [-0.3, -0.25) is 4.79 Å². The van der Waals surface area contributed by atoms with Crippen LogP contribution in [0.15, 0.2) is 0 Å². The predicted molar refractivity (Wildman–Crippen MR) is 75.8 cm³/mol. The molecular weight excluding hydrogens is 240 g/mol. The van der Waals surface area contributed by atoms with E-state index in [2.05, 4.69) is 6.92 Å². The molecule has 0 aromatic carbocycles. The maximum absolute atomic E-state index is 11.7. The van der Waals surface area contributed by atoms with Crippen LogP contribution in [0.4, 0.5) is 0 Å². The number of esters is 1. The van der Waals surface area contributed by atoms with Crippen molar-refractivity contribution < 1.29 is 14.3 Å². The van der Waals surface area contributed by atoms with Crippen molar-refractivity contribution in [2.45, 2.75) is 71.6 Å². The van der Waals surface area contributed by atoms with Crippen LogP contribution < -0.4 is 0 Å². The zero-order chi connectivity index (χ0) is 14.1. The van der Waals surface area contributed by atoms with Gasteiger partial charge in [-0.1, -0.05) is 19.8 Å². The molecule has 3 heteroatoms. The lowest BCUT2D eigenvalue weighted by atomic mass is 9.81. The van der Waals surface area contributed by atoms with E-state index in [-0.39, 0.29) is 11.8 Å². The Balaban J connectivity index is 2.00. The van der Waals surface area contributed by atoms with E-state index < -0.39 is 0 Å². The van der Waals surface area contributed by atoms with Gasteiger partial charge in [-0.2, -0.15) is 0 Å². The number of ketones is 1. The summed E-state index contributed by atoms with van der Waals surface area (Å²) >= 11 is 0. The fourth-order valence-electron chi connectivity index (χ4n) is 2.88. The minimum atomic E-state index is -0.0364. The second-order valence-electron chi connectivity index (χ2n) is 6.08. The number of Topliss-reactive ketones (excluding diaryl/α,β-unsaturated/α-hetero) is 1. The van der Waals surface area contributed by atoms with Crippen molar-refractivity contribution in [3.8, 4) is 0 Å². The average Bonchev–Trinajstić information content (AvgIpc) is 2.33. The third kappa shape index (κ3) is 8.02. The molecule has 1 aliphatic rings. The van der Waals surface area contributed by atoms with Crippen molar-refractivity contribution in [2.75, 3.05) is 6.61 Å². The summed E-state index contributed by atoms with van der Waals surface area (Å²) in [5.74, 6) is 1.50. The molecule has 0 radical (unpaired) electrons. The second kappa shape index (κ2) is 9.11. The number of unbranched alkanes of at least 4 members (excludes halogenated alkanes) is 2. The first kappa shape index (κ1) is 16.2. The summed E-state index contributed by atoms with van der Waals surface area (Å²) in [7, 11) is 0. The van der Waals surface area contributed by atoms with E-state index in [0.717, 1.165) is 25.2 Å².